The second-order valence-electron chi connectivity index (χ2n) is 1.57. The summed E-state index contributed by atoms with van der Waals surface area (Å²) in [6.45, 7) is 3.62. The highest BCUT2D eigenvalue weighted by Crippen LogP contribution is 2.28. The Morgan fingerprint density at radius 3 is 2.00 bits per heavy atom. The fourth-order valence-corrected chi connectivity index (χ4v) is 0.332. The lowest BCUT2D eigenvalue weighted by Crippen LogP contribution is -1.50. The molecule has 0 atom stereocenters. The van der Waals surface area contributed by atoms with Gasteiger partial charge in [0.25, 0.3) is 0 Å². The van der Waals surface area contributed by atoms with E-state index in [0.29, 0.717) is 0 Å². The van der Waals surface area contributed by atoms with Gasteiger partial charge in [-0.05, 0) is 18.8 Å². The lowest BCUT2D eigenvalue weighted by atomic mass is 10.4. The van der Waals surface area contributed by atoms with Crippen LogP contribution in [0.4, 0.5) is 0 Å². The van der Waals surface area contributed by atoms with E-state index in [1.54, 1.807) is 0 Å². The summed E-state index contributed by atoms with van der Waals surface area (Å²) in [4.78, 5) is 0. The lowest BCUT2D eigenvalue weighted by Gasteiger charge is -1.63. The van der Waals surface area contributed by atoms with Crippen molar-refractivity contribution in [2.24, 2.45) is 5.92 Å². The van der Waals surface area contributed by atoms with E-state index in [9.17, 15) is 0 Å². The molecule has 0 aromatic carbocycles. The highest BCUT2D eigenvalue weighted by Gasteiger charge is 2.15. The van der Waals surface area contributed by atoms with Crippen LogP contribution in [0.15, 0.2) is 12.7 Å². The SMILES string of the molecule is Br.C=CC1CC1. The molecule has 0 heterocycles. The normalized spacial score (nSPS) is 18.7. The zero-order chi connectivity index (χ0) is 3.70. The Balaban J connectivity index is 0.000000250. The van der Waals surface area contributed by atoms with Gasteiger partial charge < -0.3 is 0 Å². The summed E-state index contributed by atoms with van der Waals surface area (Å²) in [6.07, 6.45) is 4.81. The van der Waals surface area contributed by atoms with Crippen molar-refractivity contribution < 1.29 is 0 Å². The first-order chi connectivity index (χ1) is 2.43. The molecule has 0 aromatic rings. The number of rotatable bonds is 1. The molecule has 0 nitrogen and oxygen atoms in total. The van der Waals surface area contributed by atoms with Crippen LogP contribution >= 0.6 is 17.0 Å². The monoisotopic (exact) mass is 148 g/mol. The van der Waals surface area contributed by atoms with Gasteiger partial charge in [-0.2, -0.15) is 0 Å². The van der Waals surface area contributed by atoms with Gasteiger partial charge in [-0.1, -0.05) is 6.08 Å². The number of allylic oxidation sites excluding steroid dienone is 1. The molecule has 36 valence electrons. The molecular formula is C5H9Br. The summed E-state index contributed by atoms with van der Waals surface area (Å²) in [5, 5.41) is 0. The standard InChI is InChI=1S/C5H8.BrH/c1-2-5-3-4-5;/h2,5H,1,3-4H2;1H. The highest BCUT2D eigenvalue weighted by atomic mass is 79.9. The molecule has 1 fully saturated rings. The summed E-state index contributed by atoms with van der Waals surface area (Å²) >= 11 is 0. The minimum absolute atomic E-state index is 0. The van der Waals surface area contributed by atoms with E-state index < -0.39 is 0 Å². The van der Waals surface area contributed by atoms with Crippen LogP contribution in [0.25, 0.3) is 0 Å². The molecule has 1 heteroatoms. The van der Waals surface area contributed by atoms with Gasteiger partial charge in [0.2, 0.25) is 0 Å². The van der Waals surface area contributed by atoms with Crippen molar-refractivity contribution in [2.45, 2.75) is 12.8 Å². The number of hydrogen-bond donors (Lipinski definition) is 0. The molecular weight excluding hydrogens is 140 g/mol. The fraction of sp³-hybridized carbons (Fsp3) is 0.600. The maximum absolute atomic E-state index is 3.62. The number of hydrogen-bond acceptors (Lipinski definition) is 0. The Kier molecular flexibility index (Phi) is 2.49. The lowest BCUT2D eigenvalue weighted by molar-refractivity contribution is 1.13. The van der Waals surface area contributed by atoms with Crippen LogP contribution in [-0.4, -0.2) is 0 Å². The van der Waals surface area contributed by atoms with Crippen molar-refractivity contribution in [1.82, 2.24) is 0 Å². The Bertz CT molecular complexity index is 45.9. The molecule has 0 unspecified atom stereocenters. The van der Waals surface area contributed by atoms with Crippen molar-refractivity contribution >= 4 is 17.0 Å². The molecule has 1 saturated carbocycles. The molecule has 0 N–H and O–H groups in total. The minimum atomic E-state index is 0. The van der Waals surface area contributed by atoms with Crippen molar-refractivity contribution in [3.8, 4) is 0 Å². The second kappa shape index (κ2) is 2.40. The van der Waals surface area contributed by atoms with Crippen LogP contribution in [0.2, 0.25) is 0 Å². The van der Waals surface area contributed by atoms with Crippen molar-refractivity contribution in [3.05, 3.63) is 12.7 Å². The summed E-state index contributed by atoms with van der Waals surface area (Å²) in [6, 6.07) is 0. The van der Waals surface area contributed by atoms with Crippen LogP contribution in [-0.2, 0) is 0 Å². The van der Waals surface area contributed by atoms with E-state index in [4.69, 9.17) is 0 Å². The maximum Gasteiger partial charge on any atom is -0.0236 e. The van der Waals surface area contributed by atoms with E-state index in [0.717, 1.165) is 5.92 Å². The third-order valence-corrected chi connectivity index (χ3v) is 0.955. The van der Waals surface area contributed by atoms with Crippen LogP contribution in [0.3, 0.4) is 0 Å². The minimum Gasteiger partial charge on any atom is -0.114 e. The molecule has 0 aromatic heterocycles. The predicted octanol–water partition coefficient (Wildman–Crippen LogP) is 2.16. The topological polar surface area (TPSA) is 0 Å². The Labute approximate surface area is 49.0 Å². The zero-order valence-electron chi connectivity index (χ0n) is 3.68. The van der Waals surface area contributed by atoms with Crippen molar-refractivity contribution in [1.29, 1.82) is 0 Å². The van der Waals surface area contributed by atoms with Crippen molar-refractivity contribution in [3.63, 3.8) is 0 Å². The Hall–Kier alpha value is 0.220. The Morgan fingerprint density at radius 2 is 2.00 bits per heavy atom. The molecule has 6 heavy (non-hydrogen) atoms. The summed E-state index contributed by atoms with van der Waals surface area (Å²) < 4.78 is 0. The van der Waals surface area contributed by atoms with Gasteiger partial charge in [-0.25, -0.2) is 0 Å². The third-order valence-electron chi connectivity index (χ3n) is 0.955. The number of halogens is 1. The van der Waals surface area contributed by atoms with Gasteiger partial charge in [0, 0.05) is 0 Å². The van der Waals surface area contributed by atoms with Gasteiger partial charge in [-0.3, -0.25) is 0 Å². The molecule has 1 aliphatic rings. The van der Waals surface area contributed by atoms with Crippen LogP contribution in [0.5, 0.6) is 0 Å². The van der Waals surface area contributed by atoms with Crippen LogP contribution < -0.4 is 0 Å². The van der Waals surface area contributed by atoms with Gasteiger partial charge in [0.1, 0.15) is 0 Å². The third kappa shape index (κ3) is 1.61. The smallest absolute Gasteiger partial charge is 0.0236 e. The van der Waals surface area contributed by atoms with E-state index in [1.165, 1.54) is 12.8 Å². The average Bonchev–Trinajstić information content (AvgIpc) is 2.12. The molecule has 0 bridgehead atoms. The fourth-order valence-electron chi connectivity index (χ4n) is 0.332. The molecule has 0 saturated heterocycles. The van der Waals surface area contributed by atoms with E-state index >= 15 is 0 Å². The van der Waals surface area contributed by atoms with E-state index in [1.807, 2.05) is 6.08 Å². The van der Waals surface area contributed by atoms with Gasteiger partial charge in [0.15, 0.2) is 0 Å². The highest BCUT2D eigenvalue weighted by molar-refractivity contribution is 8.93. The van der Waals surface area contributed by atoms with E-state index in [-0.39, 0.29) is 17.0 Å². The quantitative estimate of drug-likeness (QED) is 0.501. The summed E-state index contributed by atoms with van der Waals surface area (Å²) in [7, 11) is 0. The van der Waals surface area contributed by atoms with Gasteiger partial charge in [-0.15, -0.1) is 23.6 Å². The summed E-state index contributed by atoms with van der Waals surface area (Å²) in [5.74, 6) is 0.898. The van der Waals surface area contributed by atoms with Crippen molar-refractivity contribution in [2.75, 3.05) is 0 Å². The molecule has 0 radical (unpaired) electrons. The maximum atomic E-state index is 3.62. The first kappa shape index (κ1) is 6.22. The molecule has 0 amide bonds. The molecule has 0 aliphatic heterocycles. The zero-order valence-corrected chi connectivity index (χ0v) is 5.40. The Morgan fingerprint density at radius 1 is 1.50 bits per heavy atom. The van der Waals surface area contributed by atoms with Gasteiger partial charge >= 0.3 is 0 Å². The molecule has 1 aliphatic carbocycles. The first-order valence-corrected chi connectivity index (χ1v) is 2.06. The summed E-state index contributed by atoms with van der Waals surface area (Å²) in [5.41, 5.74) is 0. The molecule has 0 spiro atoms. The van der Waals surface area contributed by atoms with Crippen LogP contribution in [0, 0.1) is 5.92 Å². The van der Waals surface area contributed by atoms with E-state index in [2.05, 4.69) is 6.58 Å². The van der Waals surface area contributed by atoms with Gasteiger partial charge in [0.05, 0.1) is 0 Å². The molecule has 1 rings (SSSR count). The van der Waals surface area contributed by atoms with Crippen LogP contribution in [0.1, 0.15) is 12.8 Å². The predicted molar refractivity (Wildman–Crippen MR) is 33.2 cm³/mol. The average molecular weight is 149 g/mol. The second-order valence-corrected chi connectivity index (χ2v) is 1.57. The first-order valence-electron chi connectivity index (χ1n) is 2.06. The largest absolute Gasteiger partial charge is 0.114 e.